The maximum absolute atomic E-state index is 5.12. The Kier molecular flexibility index (Phi) is 5.29. The van der Waals surface area contributed by atoms with Gasteiger partial charge in [0.05, 0.1) is 19.5 Å². The summed E-state index contributed by atoms with van der Waals surface area (Å²) in [4.78, 5) is 9.93. The predicted molar refractivity (Wildman–Crippen MR) is 50.0 cm³/mol. The van der Waals surface area contributed by atoms with Gasteiger partial charge in [0.1, 0.15) is 6.61 Å². The molecule has 3 nitrogen and oxygen atoms in total. The highest BCUT2D eigenvalue weighted by Crippen LogP contribution is 2.06. The summed E-state index contributed by atoms with van der Waals surface area (Å²) in [5, 5.41) is 0. The maximum Gasteiger partial charge on any atom is 0.104 e. The molecule has 0 radical (unpaired) electrons. The molecule has 74 valence electrons. The third-order valence-corrected chi connectivity index (χ3v) is 1.66. The monoisotopic (exact) mass is 184 g/mol. The van der Waals surface area contributed by atoms with Crippen molar-refractivity contribution in [2.45, 2.75) is 19.8 Å². The van der Waals surface area contributed by atoms with E-state index in [0.29, 0.717) is 13.2 Å². The normalized spacial score (nSPS) is 16.2. The van der Waals surface area contributed by atoms with Crippen LogP contribution in [0, 0.1) is 0 Å². The zero-order valence-corrected chi connectivity index (χ0v) is 7.99. The molecule has 0 aromatic carbocycles. The summed E-state index contributed by atoms with van der Waals surface area (Å²) in [5.74, 6) is 0. The van der Waals surface area contributed by atoms with E-state index in [-0.39, 0.29) is 0 Å². The third kappa shape index (κ3) is 4.70. The van der Waals surface area contributed by atoms with Gasteiger partial charge in [-0.3, -0.25) is 0 Å². The summed E-state index contributed by atoms with van der Waals surface area (Å²) in [6.07, 6.45) is 7.46. The second-order valence-corrected chi connectivity index (χ2v) is 2.86. The van der Waals surface area contributed by atoms with E-state index in [1.807, 2.05) is 19.1 Å². The summed E-state index contributed by atoms with van der Waals surface area (Å²) in [6.45, 7) is 3.96. The molecule has 1 aliphatic rings. The smallest absolute Gasteiger partial charge is 0.104 e. The van der Waals surface area contributed by atoms with Crippen molar-refractivity contribution in [1.82, 2.24) is 0 Å². The quantitative estimate of drug-likeness (QED) is 0.372. The van der Waals surface area contributed by atoms with Crippen LogP contribution in [-0.4, -0.2) is 19.8 Å². The van der Waals surface area contributed by atoms with E-state index < -0.39 is 0 Å². The first-order chi connectivity index (χ1) is 6.43. The molecule has 1 heterocycles. The minimum atomic E-state index is 0.535. The lowest BCUT2D eigenvalue weighted by Gasteiger charge is -2.05. The van der Waals surface area contributed by atoms with Gasteiger partial charge in [0, 0.05) is 6.42 Å². The number of hydrogen-bond acceptors (Lipinski definition) is 3. The lowest BCUT2D eigenvalue weighted by Crippen LogP contribution is -2.02. The lowest BCUT2D eigenvalue weighted by atomic mass is 10.2. The summed E-state index contributed by atoms with van der Waals surface area (Å²) >= 11 is 0. The molecule has 0 aliphatic carbocycles. The van der Waals surface area contributed by atoms with Gasteiger partial charge in [-0.1, -0.05) is 13.0 Å². The van der Waals surface area contributed by atoms with E-state index in [2.05, 4.69) is 0 Å². The number of hydrogen-bond donors (Lipinski definition) is 0. The first-order valence-electron chi connectivity index (χ1n) is 4.64. The summed E-state index contributed by atoms with van der Waals surface area (Å²) < 4.78 is 5.12. The Hall–Kier alpha value is -0.800. The fourth-order valence-corrected chi connectivity index (χ4v) is 0.952. The molecule has 13 heavy (non-hydrogen) atoms. The maximum atomic E-state index is 5.12. The number of allylic oxidation sites excluding steroid dienone is 2. The van der Waals surface area contributed by atoms with Crippen molar-refractivity contribution in [2.75, 3.05) is 19.8 Å². The largest absolute Gasteiger partial charge is 0.501 e. The Bertz CT molecular complexity index is 185. The van der Waals surface area contributed by atoms with Crippen LogP contribution in [0.15, 0.2) is 24.0 Å². The molecular formula is C10H16O3. The van der Waals surface area contributed by atoms with E-state index in [1.54, 1.807) is 6.26 Å². The minimum absolute atomic E-state index is 0.535. The van der Waals surface area contributed by atoms with Gasteiger partial charge in [0.2, 0.25) is 0 Å². The second kappa shape index (κ2) is 6.69. The molecule has 0 bridgehead atoms. The van der Waals surface area contributed by atoms with Crippen LogP contribution in [0.2, 0.25) is 0 Å². The van der Waals surface area contributed by atoms with Gasteiger partial charge in [0.25, 0.3) is 0 Å². The molecule has 0 aromatic heterocycles. The van der Waals surface area contributed by atoms with Crippen molar-refractivity contribution < 1.29 is 14.5 Å². The summed E-state index contributed by atoms with van der Waals surface area (Å²) in [6, 6.07) is 0. The van der Waals surface area contributed by atoms with E-state index >= 15 is 0 Å². The van der Waals surface area contributed by atoms with Gasteiger partial charge < -0.3 is 4.74 Å². The van der Waals surface area contributed by atoms with Crippen molar-refractivity contribution in [2.24, 2.45) is 0 Å². The van der Waals surface area contributed by atoms with E-state index in [1.165, 1.54) is 5.57 Å². The molecule has 0 N–H and O–H groups in total. The fraction of sp³-hybridized carbons (Fsp3) is 0.600. The van der Waals surface area contributed by atoms with Crippen molar-refractivity contribution in [3.63, 3.8) is 0 Å². The Labute approximate surface area is 78.9 Å². The highest BCUT2D eigenvalue weighted by molar-refractivity contribution is 5.13. The Morgan fingerprint density at radius 3 is 3.23 bits per heavy atom. The summed E-state index contributed by atoms with van der Waals surface area (Å²) in [5.41, 5.74) is 1.20. The molecule has 0 atom stereocenters. The lowest BCUT2D eigenvalue weighted by molar-refractivity contribution is -0.288. The third-order valence-electron chi connectivity index (χ3n) is 1.66. The zero-order chi connectivity index (χ0) is 9.36. The van der Waals surface area contributed by atoms with E-state index in [4.69, 9.17) is 14.5 Å². The van der Waals surface area contributed by atoms with Crippen LogP contribution >= 0.6 is 0 Å². The summed E-state index contributed by atoms with van der Waals surface area (Å²) in [7, 11) is 0. The average molecular weight is 184 g/mol. The molecule has 0 saturated carbocycles. The van der Waals surface area contributed by atoms with Gasteiger partial charge >= 0.3 is 0 Å². The minimum Gasteiger partial charge on any atom is -0.501 e. The van der Waals surface area contributed by atoms with Gasteiger partial charge in [0.15, 0.2) is 0 Å². The van der Waals surface area contributed by atoms with E-state index in [9.17, 15) is 0 Å². The van der Waals surface area contributed by atoms with Gasteiger partial charge in [-0.25, -0.2) is 9.78 Å². The van der Waals surface area contributed by atoms with Gasteiger partial charge in [-0.2, -0.15) is 0 Å². The van der Waals surface area contributed by atoms with Crippen molar-refractivity contribution in [3.05, 3.63) is 24.0 Å². The van der Waals surface area contributed by atoms with Crippen LogP contribution in [0.5, 0.6) is 0 Å². The van der Waals surface area contributed by atoms with Crippen LogP contribution in [0.25, 0.3) is 0 Å². The first-order valence-corrected chi connectivity index (χ1v) is 4.64. The van der Waals surface area contributed by atoms with Crippen molar-refractivity contribution >= 4 is 0 Å². The average Bonchev–Trinajstić information content (AvgIpc) is 2.41. The second-order valence-electron chi connectivity index (χ2n) is 2.86. The molecule has 0 spiro atoms. The van der Waals surface area contributed by atoms with Gasteiger partial charge in [-0.05, 0) is 18.1 Å². The van der Waals surface area contributed by atoms with Crippen LogP contribution in [0.3, 0.4) is 0 Å². The molecule has 3 heteroatoms. The van der Waals surface area contributed by atoms with Crippen molar-refractivity contribution in [1.29, 1.82) is 0 Å². The number of rotatable bonds is 5. The highest BCUT2D eigenvalue weighted by Gasteiger charge is 2.00. The van der Waals surface area contributed by atoms with Crippen LogP contribution < -0.4 is 0 Å². The standard InChI is InChI=1S/C10H16O3/c1-2-6-12-13-9-10-4-3-7-11-8-5-10/h3-4,7H,2,5-6,8-9H2,1H3. The zero-order valence-electron chi connectivity index (χ0n) is 7.99. The Morgan fingerprint density at radius 1 is 1.46 bits per heavy atom. The van der Waals surface area contributed by atoms with E-state index in [0.717, 1.165) is 19.4 Å². The van der Waals surface area contributed by atoms with Crippen LogP contribution in [-0.2, 0) is 14.5 Å². The predicted octanol–water partition coefficient (Wildman–Crippen LogP) is 2.21. The molecule has 0 aromatic rings. The first kappa shape index (κ1) is 10.3. The molecule has 0 amide bonds. The molecule has 1 aliphatic heterocycles. The number of ether oxygens (including phenoxy) is 1. The highest BCUT2D eigenvalue weighted by atomic mass is 17.2. The molecule has 0 unspecified atom stereocenters. The Balaban J connectivity index is 2.12. The Morgan fingerprint density at radius 2 is 2.38 bits per heavy atom. The molecule has 0 fully saturated rings. The fourth-order valence-electron chi connectivity index (χ4n) is 0.952. The van der Waals surface area contributed by atoms with Crippen LogP contribution in [0.1, 0.15) is 19.8 Å². The van der Waals surface area contributed by atoms with Crippen LogP contribution in [0.4, 0.5) is 0 Å². The topological polar surface area (TPSA) is 27.7 Å². The SMILES string of the molecule is CCCOOCC1=CC=COCC1. The molecule has 1 rings (SSSR count). The molecular weight excluding hydrogens is 168 g/mol. The van der Waals surface area contributed by atoms with Crippen molar-refractivity contribution in [3.8, 4) is 0 Å². The molecule has 0 saturated heterocycles. The van der Waals surface area contributed by atoms with Gasteiger partial charge in [-0.15, -0.1) is 0 Å².